The molecule has 0 aliphatic heterocycles. The lowest BCUT2D eigenvalue weighted by Crippen LogP contribution is -2.17. The highest BCUT2D eigenvalue weighted by molar-refractivity contribution is 6.02. The van der Waals surface area contributed by atoms with Crippen LogP contribution in [0.25, 0.3) is 0 Å². The molecule has 1 aromatic carbocycles. The molecule has 2 N–H and O–H groups in total. The predicted molar refractivity (Wildman–Crippen MR) is 73.6 cm³/mol. The predicted octanol–water partition coefficient (Wildman–Crippen LogP) is 1.09. The van der Waals surface area contributed by atoms with E-state index in [1.165, 1.54) is 6.20 Å². The van der Waals surface area contributed by atoms with Crippen molar-refractivity contribution in [2.24, 2.45) is 0 Å². The van der Waals surface area contributed by atoms with Gasteiger partial charge in [0.05, 0.1) is 6.20 Å². The van der Waals surface area contributed by atoms with E-state index in [2.05, 4.69) is 15.3 Å². The number of aromatic nitrogens is 2. The molecule has 1 amide bonds. The Morgan fingerprint density at radius 1 is 1.37 bits per heavy atom. The first kappa shape index (κ1) is 12.8. The van der Waals surface area contributed by atoms with Gasteiger partial charge in [-0.2, -0.15) is 0 Å². The van der Waals surface area contributed by atoms with Crippen LogP contribution < -0.4 is 15.8 Å². The van der Waals surface area contributed by atoms with Gasteiger partial charge in [0.2, 0.25) is 0 Å². The normalized spacial score (nSPS) is 10.0. The van der Waals surface area contributed by atoms with Gasteiger partial charge in [0.1, 0.15) is 5.69 Å². The standard InChI is InChI=1S/C13H14N4O2/c1-17(2)10-5-3-4-9(6-10)16-13(19)11-7-15-12(18)8-14-11/h3-8H,1-2H3,(H,15,18)(H,16,19). The molecule has 0 aliphatic carbocycles. The lowest BCUT2D eigenvalue weighted by atomic mass is 10.2. The summed E-state index contributed by atoms with van der Waals surface area (Å²) in [6, 6.07) is 7.43. The van der Waals surface area contributed by atoms with Gasteiger partial charge in [-0.25, -0.2) is 4.98 Å². The lowest BCUT2D eigenvalue weighted by molar-refractivity contribution is 0.102. The molecule has 0 atom stereocenters. The number of anilines is 2. The van der Waals surface area contributed by atoms with Crippen LogP contribution in [-0.4, -0.2) is 30.0 Å². The minimum Gasteiger partial charge on any atom is -0.378 e. The van der Waals surface area contributed by atoms with E-state index in [4.69, 9.17) is 0 Å². The molecule has 19 heavy (non-hydrogen) atoms. The summed E-state index contributed by atoms with van der Waals surface area (Å²) < 4.78 is 0. The largest absolute Gasteiger partial charge is 0.378 e. The smallest absolute Gasteiger partial charge is 0.275 e. The molecule has 0 radical (unpaired) electrons. The number of carbonyl (C=O) groups excluding carboxylic acids is 1. The molecule has 0 saturated heterocycles. The number of nitrogens with zero attached hydrogens (tertiary/aromatic N) is 2. The molecule has 0 fully saturated rings. The van der Waals surface area contributed by atoms with E-state index in [1.54, 1.807) is 6.07 Å². The maximum atomic E-state index is 11.9. The first-order valence-electron chi connectivity index (χ1n) is 5.70. The highest BCUT2D eigenvalue weighted by Crippen LogP contribution is 2.17. The van der Waals surface area contributed by atoms with Crippen LogP contribution in [0.15, 0.2) is 41.5 Å². The molecular formula is C13H14N4O2. The third kappa shape index (κ3) is 3.19. The number of rotatable bonds is 3. The minimum absolute atomic E-state index is 0.162. The first-order chi connectivity index (χ1) is 9.06. The van der Waals surface area contributed by atoms with Crippen LogP contribution in [0.4, 0.5) is 11.4 Å². The Hall–Kier alpha value is -2.63. The second-order valence-corrected chi connectivity index (χ2v) is 4.20. The van der Waals surface area contributed by atoms with Crippen molar-refractivity contribution < 1.29 is 4.79 Å². The van der Waals surface area contributed by atoms with E-state index >= 15 is 0 Å². The number of benzene rings is 1. The molecule has 6 nitrogen and oxygen atoms in total. The van der Waals surface area contributed by atoms with Crippen molar-refractivity contribution in [2.75, 3.05) is 24.3 Å². The van der Waals surface area contributed by atoms with Gasteiger partial charge < -0.3 is 15.2 Å². The summed E-state index contributed by atoms with van der Waals surface area (Å²) in [5.41, 5.74) is 1.47. The van der Waals surface area contributed by atoms with Crippen LogP contribution in [0.1, 0.15) is 10.5 Å². The Morgan fingerprint density at radius 3 is 2.79 bits per heavy atom. The number of H-pyrrole nitrogens is 1. The maximum absolute atomic E-state index is 11.9. The summed E-state index contributed by atoms with van der Waals surface area (Å²) in [6.45, 7) is 0. The average Bonchev–Trinajstić information content (AvgIpc) is 2.39. The Morgan fingerprint density at radius 2 is 2.16 bits per heavy atom. The zero-order chi connectivity index (χ0) is 13.8. The molecule has 0 saturated carbocycles. The van der Waals surface area contributed by atoms with Gasteiger partial charge in [-0.15, -0.1) is 0 Å². The molecule has 0 unspecified atom stereocenters. The molecular weight excluding hydrogens is 244 g/mol. The number of amides is 1. The minimum atomic E-state index is -0.368. The van der Waals surface area contributed by atoms with Gasteiger partial charge in [-0.05, 0) is 18.2 Å². The molecule has 0 bridgehead atoms. The monoisotopic (exact) mass is 258 g/mol. The van der Waals surface area contributed by atoms with E-state index in [9.17, 15) is 9.59 Å². The SMILES string of the molecule is CN(C)c1cccc(NC(=O)c2c[nH]c(=O)cn2)c1. The summed E-state index contributed by atoms with van der Waals surface area (Å²) in [5, 5.41) is 2.72. The third-order valence-corrected chi connectivity index (χ3v) is 2.53. The fourth-order valence-corrected chi connectivity index (χ4v) is 1.52. The van der Waals surface area contributed by atoms with Crippen molar-refractivity contribution in [3.05, 3.63) is 52.7 Å². The molecule has 1 heterocycles. The summed E-state index contributed by atoms with van der Waals surface area (Å²) in [4.78, 5) is 30.9. The third-order valence-electron chi connectivity index (χ3n) is 2.53. The highest BCUT2D eigenvalue weighted by atomic mass is 16.2. The Balaban J connectivity index is 2.17. The van der Waals surface area contributed by atoms with Gasteiger partial charge >= 0.3 is 0 Å². The zero-order valence-electron chi connectivity index (χ0n) is 10.7. The number of carbonyl (C=O) groups is 1. The molecule has 0 aliphatic rings. The average molecular weight is 258 g/mol. The van der Waals surface area contributed by atoms with E-state index in [-0.39, 0.29) is 17.2 Å². The zero-order valence-corrected chi connectivity index (χ0v) is 10.7. The van der Waals surface area contributed by atoms with Crippen LogP contribution in [0.3, 0.4) is 0 Å². The second-order valence-electron chi connectivity index (χ2n) is 4.20. The Labute approximate surface area is 110 Å². The number of hydrogen-bond acceptors (Lipinski definition) is 4. The summed E-state index contributed by atoms with van der Waals surface area (Å²) in [7, 11) is 3.84. The van der Waals surface area contributed by atoms with E-state index in [1.807, 2.05) is 37.2 Å². The fourth-order valence-electron chi connectivity index (χ4n) is 1.52. The van der Waals surface area contributed by atoms with Crippen molar-refractivity contribution in [3.63, 3.8) is 0 Å². The van der Waals surface area contributed by atoms with Gasteiger partial charge in [0.25, 0.3) is 11.5 Å². The summed E-state index contributed by atoms with van der Waals surface area (Å²) in [6.07, 6.45) is 2.36. The van der Waals surface area contributed by atoms with Crippen molar-refractivity contribution >= 4 is 17.3 Å². The quantitative estimate of drug-likeness (QED) is 0.863. The Kier molecular flexibility index (Phi) is 3.61. The second kappa shape index (κ2) is 5.34. The number of nitrogens with one attached hydrogen (secondary N) is 2. The first-order valence-corrected chi connectivity index (χ1v) is 5.70. The van der Waals surface area contributed by atoms with Crippen molar-refractivity contribution in [1.29, 1.82) is 0 Å². The van der Waals surface area contributed by atoms with Crippen LogP contribution in [-0.2, 0) is 0 Å². The molecule has 98 valence electrons. The van der Waals surface area contributed by atoms with Gasteiger partial charge in [0.15, 0.2) is 0 Å². The molecule has 2 aromatic rings. The number of hydrogen-bond donors (Lipinski definition) is 2. The fraction of sp³-hybridized carbons (Fsp3) is 0.154. The Bertz CT molecular complexity index is 629. The van der Waals surface area contributed by atoms with Crippen molar-refractivity contribution in [3.8, 4) is 0 Å². The summed E-state index contributed by atoms with van der Waals surface area (Å²) in [5.74, 6) is -0.368. The van der Waals surface area contributed by atoms with Crippen LogP contribution in [0.2, 0.25) is 0 Å². The van der Waals surface area contributed by atoms with Crippen molar-refractivity contribution in [2.45, 2.75) is 0 Å². The number of aromatic amines is 1. The summed E-state index contributed by atoms with van der Waals surface area (Å²) >= 11 is 0. The van der Waals surface area contributed by atoms with Gasteiger partial charge in [-0.1, -0.05) is 6.07 Å². The lowest BCUT2D eigenvalue weighted by Gasteiger charge is -2.13. The maximum Gasteiger partial charge on any atom is 0.275 e. The molecule has 6 heteroatoms. The van der Waals surface area contributed by atoms with Gasteiger partial charge in [-0.3, -0.25) is 9.59 Å². The van der Waals surface area contributed by atoms with Gasteiger partial charge in [0, 0.05) is 31.7 Å². The van der Waals surface area contributed by atoms with E-state index in [0.717, 1.165) is 11.9 Å². The highest BCUT2D eigenvalue weighted by Gasteiger charge is 2.08. The molecule has 1 aromatic heterocycles. The van der Waals surface area contributed by atoms with E-state index < -0.39 is 0 Å². The van der Waals surface area contributed by atoms with Crippen LogP contribution in [0.5, 0.6) is 0 Å². The molecule has 0 spiro atoms. The van der Waals surface area contributed by atoms with Crippen LogP contribution >= 0.6 is 0 Å². The van der Waals surface area contributed by atoms with Crippen LogP contribution in [0, 0.1) is 0 Å². The van der Waals surface area contributed by atoms with Crippen molar-refractivity contribution in [1.82, 2.24) is 9.97 Å². The van der Waals surface area contributed by atoms with E-state index in [0.29, 0.717) is 5.69 Å². The topological polar surface area (TPSA) is 78.1 Å². The molecule has 2 rings (SSSR count).